The zero-order chi connectivity index (χ0) is 20.1. The molecule has 3 aromatic rings. The zero-order valence-corrected chi connectivity index (χ0v) is 16.9. The molecule has 150 valence electrons. The number of benzene rings is 3. The van der Waals surface area contributed by atoms with Gasteiger partial charge in [0.15, 0.2) is 6.10 Å². The van der Waals surface area contributed by atoms with Gasteiger partial charge in [0.05, 0.1) is 0 Å². The Hall–Kier alpha value is -3.01. The van der Waals surface area contributed by atoms with Gasteiger partial charge < -0.3 is 15.0 Å². The summed E-state index contributed by atoms with van der Waals surface area (Å²) in [7, 11) is 0. The number of rotatable bonds is 7. The molecule has 0 saturated carbocycles. The van der Waals surface area contributed by atoms with Crippen molar-refractivity contribution >= 4 is 22.4 Å². The molecule has 0 fully saturated rings. The van der Waals surface area contributed by atoms with E-state index in [2.05, 4.69) is 40.5 Å². The third-order valence-corrected chi connectivity index (χ3v) is 5.51. The number of ether oxygens (including phenoxy) is 1. The van der Waals surface area contributed by atoms with Crippen molar-refractivity contribution in [1.82, 2.24) is 5.32 Å². The molecule has 4 heteroatoms. The van der Waals surface area contributed by atoms with Gasteiger partial charge in [-0.1, -0.05) is 48.5 Å². The van der Waals surface area contributed by atoms with Crippen molar-refractivity contribution in [2.24, 2.45) is 0 Å². The van der Waals surface area contributed by atoms with E-state index >= 15 is 0 Å². The summed E-state index contributed by atoms with van der Waals surface area (Å²) in [5.74, 6) is 0.647. The molecule has 1 N–H and O–H groups in total. The fourth-order valence-electron chi connectivity index (χ4n) is 3.97. The third kappa shape index (κ3) is 4.70. The Labute approximate surface area is 172 Å². The summed E-state index contributed by atoms with van der Waals surface area (Å²) in [5.41, 5.74) is 2.78. The third-order valence-electron chi connectivity index (χ3n) is 5.51. The molecule has 1 heterocycles. The van der Waals surface area contributed by atoms with E-state index in [0.717, 1.165) is 42.5 Å². The first-order valence-electron chi connectivity index (χ1n) is 10.5. The van der Waals surface area contributed by atoms with Gasteiger partial charge in [-0.15, -0.1) is 0 Å². The summed E-state index contributed by atoms with van der Waals surface area (Å²) in [4.78, 5) is 14.8. The number of fused-ring (bicyclic) bond motifs is 2. The summed E-state index contributed by atoms with van der Waals surface area (Å²) < 4.78 is 5.86. The average molecular weight is 389 g/mol. The molecule has 1 aliphatic rings. The van der Waals surface area contributed by atoms with Crippen LogP contribution in [0, 0.1) is 0 Å². The number of para-hydroxylation sites is 1. The summed E-state index contributed by atoms with van der Waals surface area (Å²) in [5, 5.41) is 5.29. The lowest BCUT2D eigenvalue weighted by molar-refractivity contribution is -0.127. The maximum absolute atomic E-state index is 12.4. The average Bonchev–Trinajstić information content (AvgIpc) is 2.76. The van der Waals surface area contributed by atoms with Crippen LogP contribution in [0.4, 0.5) is 5.69 Å². The molecular formula is C25H28N2O2. The molecule has 0 spiro atoms. The van der Waals surface area contributed by atoms with Crippen LogP contribution in [0.15, 0.2) is 66.7 Å². The molecule has 29 heavy (non-hydrogen) atoms. The molecular weight excluding hydrogens is 360 g/mol. The van der Waals surface area contributed by atoms with E-state index in [-0.39, 0.29) is 5.91 Å². The predicted molar refractivity (Wildman–Crippen MR) is 119 cm³/mol. The first-order chi connectivity index (χ1) is 14.2. The molecule has 0 radical (unpaired) electrons. The number of nitrogens with zero attached hydrogens (tertiary/aromatic N) is 1. The second-order valence-corrected chi connectivity index (χ2v) is 7.63. The lowest BCUT2D eigenvalue weighted by Crippen LogP contribution is -2.38. The molecule has 4 rings (SSSR count). The maximum atomic E-state index is 12.4. The topological polar surface area (TPSA) is 41.6 Å². The van der Waals surface area contributed by atoms with Crippen molar-refractivity contribution < 1.29 is 9.53 Å². The maximum Gasteiger partial charge on any atom is 0.260 e. The van der Waals surface area contributed by atoms with E-state index in [0.29, 0.717) is 6.54 Å². The van der Waals surface area contributed by atoms with Crippen LogP contribution >= 0.6 is 0 Å². The number of anilines is 1. The van der Waals surface area contributed by atoms with Gasteiger partial charge in [0.25, 0.3) is 5.91 Å². The van der Waals surface area contributed by atoms with E-state index < -0.39 is 6.10 Å². The molecule has 3 aromatic carbocycles. The minimum atomic E-state index is -0.521. The quantitative estimate of drug-likeness (QED) is 0.603. The Morgan fingerprint density at radius 1 is 1.07 bits per heavy atom. The first kappa shape index (κ1) is 19.3. The number of hydrogen-bond donors (Lipinski definition) is 1. The van der Waals surface area contributed by atoms with Gasteiger partial charge in [-0.2, -0.15) is 0 Å². The molecule has 4 nitrogen and oxygen atoms in total. The fraction of sp³-hybridized carbons (Fsp3) is 0.320. The number of amides is 1. The van der Waals surface area contributed by atoms with Gasteiger partial charge in [0.2, 0.25) is 0 Å². The largest absolute Gasteiger partial charge is 0.481 e. The van der Waals surface area contributed by atoms with Crippen molar-refractivity contribution in [3.63, 3.8) is 0 Å². The fourth-order valence-corrected chi connectivity index (χ4v) is 3.97. The van der Waals surface area contributed by atoms with Crippen LogP contribution in [0.3, 0.4) is 0 Å². The summed E-state index contributed by atoms with van der Waals surface area (Å²) >= 11 is 0. The van der Waals surface area contributed by atoms with Crippen molar-refractivity contribution in [3.05, 3.63) is 72.3 Å². The molecule has 0 aromatic heterocycles. The van der Waals surface area contributed by atoms with Crippen LogP contribution in [0.2, 0.25) is 0 Å². The predicted octanol–water partition coefficient (Wildman–Crippen LogP) is 4.57. The van der Waals surface area contributed by atoms with Gasteiger partial charge in [-0.05, 0) is 60.7 Å². The van der Waals surface area contributed by atoms with Crippen LogP contribution in [0.1, 0.15) is 25.3 Å². The van der Waals surface area contributed by atoms with Crippen molar-refractivity contribution in [2.75, 3.05) is 24.5 Å². The van der Waals surface area contributed by atoms with Gasteiger partial charge in [-0.3, -0.25) is 4.79 Å². The van der Waals surface area contributed by atoms with Crippen molar-refractivity contribution in [1.29, 1.82) is 0 Å². The van der Waals surface area contributed by atoms with Crippen LogP contribution < -0.4 is 15.0 Å². The minimum absolute atomic E-state index is 0.0720. The Balaban J connectivity index is 1.24. The second kappa shape index (κ2) is 8.99. The normalized spacial score (nSPS) is 14.3. The van der Waals surface area contributed by atoms with Crippen LogP contribution in [0.5, 0.6) is 5.75 Å². The summed E-state index contributed by atoms with van der Waals surface area (Å²) in [6.07, 6.45) is 2.75. The monoisotopic (exact) mass is 388 g/mol. The number of hydrogen-bond acceptors (Lipinski definition) is 3. The lowest BCUT2D eigenvalue weighted by atomic mass is 10.0. The summed E-state index contributed by atoms with van der Waals surface area (Å²) in [6.45, 7) is 4.50. The highest BCUT2D eigenvalue weighted by atomic mass is 16.5. The molecule has 1 amide bonds. The zero-order valence-electron chi connectivity index (χ0n) is 16.9. The Bertz CT molecular complexity index is 985. The lowest BCUT2D eigenvalue weighted by Gasteiger charge is -2.31. The van der Waals surface area contributed by atoms with Crippen LogP contribution in [0.25, 0.3) is 10.8 Å². The molecule has 0 bridgehead atoms. The summed E-state index contributed by atoms with van der Waals surface area (Å²) in [6, 6.07) is 22.7. The highest BCUT2D eigenvalue weighted by molar-refractivity contribution is 5.84. The van der Waals surface area contributed by atoms with Crippen LogP contribution in [-0.4, -0.2) is 31.6 Å². The van der Waals surface area contributed by atoms with E-state index in [4.69, 9.17) is 4.74 Å². The van der Waals surface area contributed by atoms with Gasteiger partial charge in [0, 0.05) is 25.3 Å². The molecule has 0 aliphatic carbocycles. The molecule has 1 atom stereocenters. The Kier molecular flexibility index (Phi) is 5.99. The smallest absolute Gasteiger partial charge is 0.260 e. The van der Waals surface area contributed by atoms with Gasteiger partial charge in [0.1, 0.15) is 5.75 Å². The van der Waals surface area contributed by atoms with E-state index in [1.54, 1.807) is 6.92 Å². The van der Waals surface area contributed by atoms with Crippen molar-refractivity contribution in [3.8, 4) is 5.75 Å². The van der Waals surface area contributed by atoms with Crippen molar-refractivity contribution in [2.45, 2.75) is 32.3 Å². The van der Waals surface area contributed by atoms with E-state index in [1.807, 2.05) is 36.4 Å². The first-order valence-corrected chi connectivity index (χ1v) is 10.5. The van der Waals surface area contributed by atoms with E-state index in [9.17, 15) is 4.79 Å². The number of nitrogens with one attached hydrogen (secondary N) is 1. The van der Waals surface area contributed by atoms with Crippen LogP contribution in [-0.2, 0) is 11.2 Å². The van der Waals surface area contributed by atoms with Gasteiger partial charge in [-0.25, -0.2) is 0 Å². The molecule has 1 aliphatic heterocycles. The number of carbonyl (C=O) groups excluding carboxylic acids is 1. The Morgan fingerprint density at radius 2 is 1.86 bits per heavy atom. The number of aryl methyl sites for hydroxylation is 1. The minimum Gasteiger partial charge on any atom is -0.481 e. The molecule has 0 saturated heterocycles. The second-order valence-electron chi connectivity index (χ2n) is 7.63. The van der Waals surface area contributed by atoms with Gasteiger partial charge >= 0.3 is 0 Å². The standard InChI is InChI=1S/C25H28N2O2/c1-19(29-23-14-13-20-8-2-3-10-22(20)18-23)25(28)26-15-7-17-27-16-6-11-21-9-4-5-12-24(21)27/h2-5,8-10,12-14,18-19H,6-7,11,15-17H2,1H3,(H,26,28). The SMILES string of the molecule is CC(Oc1ccc2ccccc2c1)C(=O)NCCCN1CCCc2ccccc21. The highest BCUT2D eigenvalue weighted by Gasteiger charge is 2.17. The Morgan fingerprint density at radius 3 is 2.76 bits per heavy atom. The molecule has 1 unspecified atom stereocenters. The highest BCUT2D eigenvalue weighted by Crippen LogP contribution is 2.26. The van der Waals surface area contributed by atoms with E-state index in [1.165, 1.54) is 17.7 Å². The number of carbonyl (C=O) groups is 1.